The fraction of sp³-hybridized carbons (Fsp3) is 0.318. The smallest absolute Gasteiger partial charge is 0.158 e. The molecule has 1 aromatic carbocycles. The first-order valence-corrected chi connectivity index (χ1v) is 10.7. The Bertz CT molecular complexity index is 1150. The minimum absolute atomic E-state index is 0.199. The van der Waals surface area contributed by atoms with Gasteiger partial charge in [0.25, 0.3) is 0 Å². The van der Waals surface area contributed by atoms with Gasteiger partial charge >= 0.3 is 0 Å². The molecule has 1 N–H and O–H groups in total. The van der Waals surface area contributed by atoms with E-state index < -0.39 is 0 Å². The number of fused-ring (bicyclic) bond motifs is 2. The molecule has 29 heavy (non-hydrogen) atoms. The van der Waals surface area contributed by atoms with Crippen molar-refractivity contribution < 1.29 is 4.74 Å². The van der Waals surface area contributed by atoms with E-state index in [1.807, 2.05) is 24.0 Å². The van der Waals surface area contributed by atoms with Crippen LogP contribution >= 0.6 is 11.3 Å². The van der Waals surface area contributed by atoms with Crippen LogP contribution in [0.4, 0.5) is 5.82 Å². The standard InChI is InChI=1S/C22H23N5OS/c1-27-18-10-6-9-17(15(18)11-23-27)24-21-20-16(14-7-4-3-5-8-14)13-29-22(20)26-19(25-21)12-28-2/h3-5,7-8,11,13,17H,6,9-10,12H2,1-2H3,(H,24,25,26). The lowest BCUT2D eigenvalue weighted by Crippen LogP contribution is -2.19. The van der Waals surface area contributed by atoms with Crippen LogP contribution in [0.25, 0.3) is 21.3 Å². The topological polar surface area (TPSA) is 64.9 Å². The third-order valence-electron chi connectivity index (χ3n) is 5.52. The maximum atomic E-state index is 5.31. The molecule has 148 valence electrons. The molecule has 1 atom stereocenters. The Hall–Kier alpha value is -2.77. The largest absolute Gasteiger partial charge is 0.377 e. The molecule has 0 amide bonds. The lowest BCUT2D eigenvalue weighted by Gasteiger charge is -2.25. The first kappa shape index (κ1) is 18.3. The van der Waals surface area contributed by atoms with Crippen molar-refractivity contribution in [1.82, 2.24) is 19.7 Å². The molecule has 7 heteroatoms. The molecule has 0 saturated carbocycles. The highest BCUT2D eigenvalue weighted by Gasteiger charge is 2.25. The molecule has 0 spiro atoms. The number of nitrogens with one attached hydrogen (secondary N) is 1. The van der Waals surface area contributed by atoms with Gasteiger partial charge in [0, 0.05) is 36.4 Å². The summed E-state index contributed by atoms with van der Waals surface area (Å²) in [7, 11) is 3.70. The summed E-state index contributed by atoms with van der Waals surface area (Å²) in [6.07, 6.45) is 5.27. The van der Waals surface area contributed by atoms with Crippen LogP contribution in [0.1, 0.15) is 36.0 Å². The lowest BCUT2D eigenvalue weighted by atomic mass is 9.93. The Morgan fingerprint density at radius 3 is 2.93 bits per heavy atom. The zero-order valence-electron chi connectivity index (χ0n) is 16.6. The van der Waals surface area contributed by atoms with E-state index in [0.717, 1.165) is 35.3 Å². The second-order valence-electron chi connectivity index (χ2n) is 7.38. The molecule has 3 aromatic heterocycles. The Labute approximate surface area is 173 Å². The lowest BCUT2D eigenvalue weighted by molar-refractivity contribution is 0.178. The van der Waals surface area contributed by atoms with Crippen molar-refractivity contribution in [2.45, 2.75) is 31.9 Å². The first-order chi connectivity index (χ1) is 14.2. The number of rotatable bonds is 5. The minimum Gasteiger partial charge on any atom is -0.377 e. The van der Waals surface area contributed by atoms with Gasteiger partial charge in [-0.3, -0.25) is 4.68 Å². The molecule has 0 saturated heterocycles. The second-order valence-corrected chi connectivity index (χ2v) is 8.23. The molecule has 1 aliphatic rings. The summed E-state index contributed by atoms with van der Waals surface area (Å²) in [5.41, 5.74) is 4.93. The molecule has 0 radical (unpaired) electrons. The Balaban J connectivity index is 1.63. The Kier molecular flexibility index (Phi) is 4.77. The van der Waals surface area contributed by atoms with Crippen LogP contribution in [-0.2, 0) is 24.8 Å². The third-order valence-corrected chi connectivity index (χ3v) is 6.40. The number of methoxy groups -OCH3 is 1. The van der Waals surface area contributed by atoms with Crippen LogP contribution in [0.15, 0.2) is 41.9 Å². The number of hydrogen-bond acceptors (Lipinski definition) is 6. The molecule has 1 unspecified atom stereocenters. The molecule has 0 bridgehead atoms. The Morgan fingerprint density at radius 2 is 2.10 bits per heavy atom. The van der Waals surface area contributed by atoms with Gasteiger partial charge in [0.1, 0.15) is 17.3 Å². The van der Waals surface area contributed by atoms with Crippen LogP contribution in [0.2, 0.25) is 0 Å². The summed E-state index contributed by atoms with van der Waals surface area (Å²) in [6.45, 7) is 0.395. The molecule has 6 nitrogen and oxygen atoms in total. The summed E-state index contributed by atoms with van der Waals surface area (Å²) in [5.74, 6) is 1.58. The normalized spacial score (nSPS) is 16.1. The number of nitrogens with zero attached hydrogens (tertiary/aromatic N) is 4. The predicted octanol–water partition coefficient (Wildman–Crippen LogP) is 4.73. The summed E-state index contributed by atoms with van der Waals surface area (Å²) < 4.78 is 7.31. The van der Waals surface area contributed by atoms with Crippen LogP contribution in [-0.4, -0.2) is 26.9 Å². The SMILES string of the molecule is COCc1nc(NC2CCCc3c2cnn3C)c2c(-c3ccccc3)csc2n1. The summed E-state index contributed by atoms with van der Waals surface area (Å²) >= 11 is 1.65. The van der Waals surface area contributed by atoms with Gasteiger partial charge < -0.3 is 10.1 Å². The van der Waals surface area contributed by atoms with Gasteiger partial charge in [0.2, 0.25) is 0 Å². The van der Waals surface area contributed by atoms with Crippen LogP contribution in [0, 0.1) is 0 Å². The maximum absolute atomic E-state index is 5.31. The first-order valence-electron chi connectivity index (χ1n) is 9.84. The fourth-order valence-corrected chi connectivity index (χ4v) is 5.10. The van der Waals surface area contributed by atoms with E-state index in [0.29, 0.717) is 12.4 Å². The predicted molar refractivity (Wildman–Crippen MR) is 116 cm³/mol. The van der Waals surface area contributed by atoms with Gasteiger partial charge in [-0.2, -0.15) is 5.10 Å². The quantitative estimate of drug-likeness (QED) is 0.520. The van der Waals surface area contributed by atoms with Gasteiger partial charge in [-0.05, 0) is 24.8 Å². The van der Waals surface area contributed by atoms with Crippen LogP contribution in [0.3, 0.4) is 0 Å². The highest BCUT2D eigenvalue weighted by Crippen LogP contribution is 2.39. The van der Waals surface area contributed by atoms with E-state index in [1.165, 1.54) is 22.4 Å². The number of ether oxygens (including phenoxy) is 1. The van der Waals surface area contributed by atoms with E-state index >= 15 is 0 Å². The molecule has 3 heterocycles. The van der Waals surface area contributed by atoms with Crippen molar-refractivity contribution in [1.29, 1.82) is 0 Å². The minimum atomic E-state index is 0.199. The molecule has 0 aliphatic heterocycles. The van der Waals surface area contributed by atoms with E-state index in [9.17, 15) is 0 Å². The summed E-state index contributed by atoms with van der Waals surface area (Å²) in [6, 6.07) is 10.6. The zero-order chi connectivity index (χ0) is 19.8. The molecular weight excluding hydrogens is 382 g/mol. The maximum Gasteiger partial charge on any atom is 0.158 e. The van der Waals surface area contributed by atoms with Crippen molar-refractivity contribution in [3.8, 4) is 11.1 Å². The number of hydrogen-bond donors (Lipinski definition) is 1. The number of thiophene rings is 1. The monoisotopic (exact) mass is 405 g/mol. The van der Waals surface area contributed by atoms with E-state index in [1.54, 1.807) is 18.4 Å². The Morgan fingerprint density at radius 1 is 1.24 bits per heavy atom. The van der Waals surface area contributed by atoms with Gasteiger partial charge in [-0.1, -0.05) is 30.3 Å². The molecular formula is C22H23N5OS. The summed E-state index contributed by atoms with van der Waals surface area (Å²) in [4.78, 5) is 10.6. The second kappa shape index (κ2) is 7.57. The van der Waals surface area contributed by atoms with E-state index in [-0.39, 0.29) is 6.04 Å². The van der Waals surface area contributed by atoms with Gasteiger partial charge in [-0.25, -0.2) is 9.97 Å². The van der Waals surface area contributed by atoms with E-state index in [4.69, 9.17) is 14.7 Å². The fourth-order valence-electron chi connectivity index (χ4n) is 4.14. The zero-order valence-corrected chi connectivity index (χ0v) is 17.4. The van der Waals surface area contributed by atoms with Gasteiger partial charge in [0.05, 0.1) is 17.6 Å². The van der Waals surface area contributed by atoms with Crippen molar-refractivity contribution in [2.24, 2.45) is 7.05 Å². The highest BCUT2D eigenvalue weighted by molar-refractivity contribution is 7.17. The molecule has 1 aliphatic carbocycles. The summed E-state index contributed by atoms with van der Waals surface area (Å²) in [5, 5.41) is 11.5. The van der Waals surface area contributed by atoms with E-state index in [2.05, 4.69) is 40.1 Å². The van der Waals surface area contributed by atoms with Crippen LogP contribution in [0.5, 0.6) is 0 Å². The average molecular weight is 406 g/mol. The number of benzene rings is 1. The van der Waals surface area contributed by atoms with Crippen molar-refractivity contribution in [3.05, 3.63) is 59.0 Å². The molecule has 5 rings (SSSR count). The highest BCUT2D eigenvalue weighted by atomic mass is 32.1. The number of aromatic nitrogens is 4. The molecule has 4 aromatic rings. The van der Waals surface area contributed by atoms with Crippen LogP contribution < -0.4 is 5.32 Å². The van der Waals surface area contributed by atoms with Crippen molar-refractivity contribution >= 4 is 27.4 Å². The number of aryl methyl sites for hydroxylation is 1. The number of anilines is 1. The van der Waals surface area contributed by atoms with Gasteiger partial charge in [-0.15, -0.1) is 11.3 Å². The van der Waals surface area contributed by atoms with Crippen molar-refractivity contribution in [2.75, 3.05) is 12.4 Å². The van der Waals surface area contributed by atoms with Gasteiger partial charge in [0.15, 0.2) is 5.82 Å². The third kappa shape index (κ3) is 3.30. The average Bonchev–Trinajstić information content (AvgIpc) is 3.34. The molecule has 0 fully saturated rings. The van der Waals surface area contributed by atoms with Crippen molar-refractivity contribution in [3.63, 3.8) is 0 Å².